The maximum Gasteiger partial charge on any atom is 0.270 e. The number of fused-ring (bicyclic) bond motifs is 3. The average molecular weight is 504 g/mol. The van der Waals surface area contributed by atoms with Crippen molar-refractivity contribution in [3.8, 4) is 0 Å². The second-order valence-electron chi connectivity index (χ2n) is 10.9. The zero-order valence-electron chi connectivity index (χ0n) is 21.3. The van der Waals surface area contributed by atoms with Crippen LogP contribution in [-0.4, -0.2) is 79.5 Å². The number of carbonyl (C=O) groups excluding carboxylic acids is 2. The third-order valence-corrected chi connectivity index (χ3v) is 8.21. The molecule has 10 nitrogen and oxygen atoms in total. The fourth-order valence-electron chi connectivity index (χ4n) is 6.25. The maximum atomic E-state index is 13.0. The zero-order chi connectivity index (χ0) is 25.7. The summed E-state index contributed by atoms with van der Waals surface area (Å²) in [7, 11) is 3.52. The van der Waals surface area contributed by atoms with Crippen LogP contribution in [0.3, 0.4) is 0 Å². The lowest BCUT2D eigenvalue weighted by Gasteiger charge is -2.35. The Kier molecular flexibility index (Phi) is 6.06. The van der Waals surface area contributed by atoms with Gasteiger partial charge in [-0.2, -0.15) is 4.98 Å². The highest BCUT2D eigenvalue weighted by Gasteiger charge is 2.42. The Labute approximate surface area is 215 Å². The lowest BCUT2D eigenvalue weighted by atomic mass is 9.95. The summed E-state index contributed by atoms with van der Waals surface area (Å²) in [6.45, 7) is 1.20. The molecule has 1 aliphatic heterocycles. The van der Waals surface area contributed by atoms with Crippen molar-refractivity contribution in [3.05, 3.63) is 41.9 Å². The van der Waals surface area contributed by atoms with E-state index < -0.39 is 0 Å². The molecule has 2 amide bonds. The number of aliphatic hydroxyl groups excluding tert-OH is 1. The molecule has 10 heteroatoms. The van der Waals surface area contributed by atoms with Crippen molar-refractivity contribution in [2.24, 2.45) is 11.8 Å². The van der Waals surface area contributed by atoms with Gasteiger partial charge in [-0.15, -0.1) is 0 Å². The van der Waals surface area contributed by atoms with Gasteiger partial charge in [-0.1, -0.05) is 12.8 Å². The number of hydrogen-bond acceptors (Lipinski definition) is 7. The first-order chi connectivity index (χ1) is 17.9. The first-order valence-corrected chi connectivity index (χ1v) is 13.2. The minimum atomic E-state index is -0.280. The third-order valence-electron chi connectivity index (χ3n) is 8.21. The van der Waals surface area contributed by atoms with E-state index in [1.807, 2.05) is 11.0 Å². The molecule has 3 fully saturated rings. The number of aliphatic hydroxyl groups is 1. The Balaban J connectivity index is 1.22. The van der Waals surface area contributed by atoms with Crippen LogP contribution >= 0.6 is 0 Å². The van der Waals surface area contributed by atoms with Crippen molar-refractivity contribution in [1.29, 1.82) is 0 Å². The first-order valence-electron chi connectivity index (χ1n) is 13.2. The molecule has 2 saturated carbocycles. The number of piperidine rings is 1. The van der Waals surface area contributed by atoms with Crippen LogP contribution in [0.5, 0.6) is 0 Å². The van der Waals surface area contributed by atoms with Crippen LogP contribution in [0.4, 0.5) is 11.8 Å². The Morgan fingerprint density at radius 3 is 2.41 bits per heavy atom. The molecular formula is C27H33N7O3. The summed E-state index contributed by atoms with van der Waals surface area (Å²) >= 11 is 0. The molecule has 37 heavy (non-hydrogen) atoms. The molecule has 2 N–H and O–H groups in total. The highest BCUT2D eigenvalue weighted by molar-refractivity contribution is 5.98. The topological polar surface area (TPSA) is 116 Å². The molecular weight excluding hydrogens is 470 g/mol. The summed E-state index contributed by atoms with van der Waals surface area (Å²) in [6.07, 6.45) is 9.33. The van der Waals surface area contributed by atoms with Crippen molar-refractivity contribution >= 4 is 34.6 Å². The van der Waals surface area contributed by atoms with Gasteiger partial charge < -0.3 is 24.8 Å². The zero-order valence-corrected chi connectivity index (χ0v) is 21.3. The number of anilines is 2. The third kappa shape index (κ3) is 4.33. The number of aromatic nitrogens is 4. The number of rotatable bonds is 5. The molecule has 6 rings (SSSR count). The Morgan fingerprint density at radius 1 is 1.03 bits per heavy atom. The number of nitrogens with zero attached hydrogens (tertiary/aromatic N) is 6. The molecule has 2 bridgehead atoms. The fourth-order valence-corrected chi connectivity index (χ4v) is 6.25. The van der Waals surface area contributed by atoms with Crippen molar-refractivity contribution in [2.75, 3.05) is 32.5 Å². The van der Waals surface area contributed by atoms with Gasteiger partial charge in [-0.3, -0.25) is 9.59 Å². The lowest BCUT2D eigenvalue weighted by Crippen LogP contribution is -2.47. The summed E-state index contributed by atoms with van der Waals surface area (Å²) < 4.78 is 2.08. The van der Waals surface area contributed by atoms with E-state index in [4.69, 9.17) is 4.98 Å². The van der Waals surface area contributed by atoms with E-state index in [1.165, 1.54) is 0 Å². The second kappa shape index (κ2) is 9.41. The SMILES string of the molecule is CN(C)C(=O)c1cc2cnc(Nc3ccc(C(=O)N4C[C@H]5CC[C@@H](C4)C5O)cn3)nc2n1C1CCCC1. The largest absolute Gasteiger partial charge is 0.392 e. The summed E-state index contributed by atoms with van der Waals surface area (Å²) in [5.74, 6) is 1.20. The first kappa shape index (κ1) is 23.8. The van der Waals surface area contributed by atoms with Gasteiger partial charge in [0.15, 0.2) is 0 Å². The Morgan fingerprint density at radius 2 is 1.76 bits per heavy atom. The van der Waals surface area contributed by atoms with Crippen LogP contribution in [0, 0.1) is 11.8 Å². The monoisotopic (exact) mass is 503 g/mol. The van der Waals surface area contributed by atoms with Crippen LogP contribution in [0.15, 0.2) is 30.6 Å². The van der Waals surface area contributed by atoms with Crippen molar-refractivity contribution in [1.82, 2.24) is 29.3 Å². The van der Waals surface area contributed by atoms with Gasteiger partial charge in [0, 0.05) is 62.8 Å². The molecule has 1 saturated heterocycles. The smallest absolute Gasteiger partial charge is 0.270 e. The van der Waals surface area contributed by atoms with Crippen LogP contribution in [0.25, 0.3) is 11.0 Å². The summed E-state index contributed by atoms with van der Waals surface area (Å²) in [5, 5.41) is 14.2. The molecule has 4 heterocycles. The molecule has 3 aliphatic rings. The van der Waals surface area contributed by atoms with E-state index in [1.54, 1.807) is 43.5 Å². The number of carbonyl (C=O) groups is 2. The van der Waals surface area contributed by atoms with E-state index in [-0.39, 0.29) is 35.8 Å². The maximum absolute atomic E-state index is 13.0. The van der Waals surface area contributed by atoms with Crippen molar-refractivity contribution in [3.63, 3.8) is 0 Å². The molecule has 0 radical (unpaired) electrons. The van der Waals surface area contributed by atoms with Gasteiger partial charge in [0.05, 0.1) is 11.7 Å². The molecule has 2 aliphatic carbocycles. The Bertz CT molecular complexity index is 1320. The second-order valence-corrected chi connectivity index (χ2v) is 10.9. The van der Waals surface area contributed by atoms with E-state index in [0.29, 0.717) is 36.1 Å². The van der Waals surface area contributed by atoms with Crippen LogP contribution in [0.2, 0.25) is 0 Å². The normalized spacial score (nSPS) is 23.5. The Hall–Kier alpha value is -3.53. The minimum absolute atomic E-state index is 0.0439. The number of hydrogen-bond donors (Lipinski definition) is 2. The molecule has 3 aromatic rings. The number of nitrogens with one attached hydrogen (secondary N) is 1. The molecule has 0 aromatic carbocycles. The van der Waals surface area contributed by atoms with Crippen molar-refractivity contribution in [2.45, 2.75) is 50.7 Å². The average Bonchev–Trinajstić information content (AvgIpc) is 3.59. The lowest BCUT2D eigenvalue weighted by molar-refractivity contribution is 0.0166. The van der Waals surface area contributed by atoms with Gasteiger partial charge in [0.2, 0.25) is 5.95 Å². The van der Waals surface area contributed by atoms with Crippen LogP contribution in [-0.2, 0) is 0 Å². The predicted molar refractivity (Wildman–Crippen MR) is 139 cm³/mol. The molecule has 3 aromatic heterocycles. The quantitative estimate of drug-likeness (QED) is 0.549. The summed E-state index contributed by atoms with van der Waals surface area (Å²) in [6, 6.07) is 5.64. The number of likely N-dealkylation sites (tertiary alicyclic amines) is 1. The summed E-state index contributed by atoms with van der Waals surface area (Å²) in [5.41, 5.74) is 1.90. The molecule has 3 atom stereocenters. The highest BCUT2D eigenvalue weighted by Crippen LogP contribution is 2.37. The van der Waals surface area contributed by atoms with E-state index in [0.717, 1.165) is 49.6 Å². The fraction of sp³-hybridized carbons (Fsp3) is 0.519. The molecule has 0 spiro atoms. The van der Waals surface area contributed by atoms with Crippen LogP contribution in [0.1, 0.15) is 65.4 Å². The minimum Gasteiger partial charge on any atom is -0.392 e. The standard InChI is InChI=1S/C27H33N7O3/c1-32(2)26(37)21-11-19-13-29-27(31-24(19)34(21)20-5-3-4-6-20)30-22-10-9-16(12-28-22)25(36)33-14-17-7-8-18(15-33)23(17)35/h9-13,17-18,20,23,35H,3-8,14-15H2,1-2H3,(H,28,29,30,31)/t17-,18+,23?. The molecule has 1 unspecified atom stereocenters. The van der Waals surface area contributed by atoms with E-state index in [2.05, 4.69) is 19.9 Å². The van der Waals surface area contributed by atoms with Gasteiger partial charge >= 0.3 is 0 Å². The summed E-state index contributed by atoms with van der Waals surface area (Å²) in [4.78, 5) is 43.0. The van der Waals surface area contributed by atoms with E-state index in [9.17, 15) is 14.7 Å². The predicted octanol–water partition coefficient (Wildman–Crippen LogP) is 3.23. The highest BCUT2D eigenvalue weighted by atomic mass is 16.3. The van der Waals surface area contributed by atoms with Crippen LogP contribution < -0.4 is 5.32 Å². The molecule has 194 valence electrons. The number of amides is 2. The van der Waals surface area contributed by atoms with Crippen molar-refractivity contribution < 1.29 is 14.7 Å². The van der Waals surface area contributed by atoms with Gasteiger partial charge in [0.25, 0.3) is 11.8 Å². The number of pyridine rings is 1. The van der Waals surface area contributed by atoms with Gasteiger partial charge in [0.1, 0.15) is 17.2 Å². The van der Waals surface area contributed by atoms with E-state index >= 15 is 0 Å². The van der Waals surface area contributed by atoms with Gasteiger partial charge in [-0.05, 0) is 43.9 Å². The van der Waals surface area contributed by atoms with Gasteiger partial charge in [-0.25, -0.2) is 9.97 Å².